The van der Waals surface area contributed by atoms with Crippen LogP contribution in [0.5, 0.6) is 0 Å². The Morgan fingerprint density at radius 1 is 1.35 bits per heavy atom. The Labute approximate surface area is 137 Å². The van der Waals surface area contributed by atoms with Crippen molar-refractivity contribution in [2.24, 2.45) is 0 Å². The lowest BCUT2D eigenvalue weighted by molar-refractivity contribution is -0.119. The van der Waals surface area contributed by atoms with Crippen LogP contribution in [0.4, 0.5) is 5.82 Å². The van der Waals surface area contributed by atoms with Gasteiger partial charge in [-0.15, -0.1) is 0 Å². The Hall–Kier alpha value is -1.69. The Morgan fingerprint density at radius 2 is 2.17 bits per heavy atom. The molecule has 1 amide bonds. The summed E-state index contributed by atoms with van der Waals surface area (Å²) in [5.41, 5.74) is 1.18. The first-order valence-electron chi connectivity index (χ1n) is 8.65. The molecule has 1 aliphatic carbocycles. The highest BCUT2D eigenvalue weighted by molar-refractivity contribution is 5.72. The molecule has 0 bridgehead atoms. The highest BCUT2D eigenvalue weighted by Crippen LogP contribution is 2.32. The predicted molar refractivity (Wildman–Crippen MR) is 88.5 cm³/mol. The van der Waals surface area contributed by atoms with Crippen LogP contribution < -0.4 is 10.2 Å². The first kappa shape index (κ1) is 16.2. The summed E-state index contributed by atoms with van der Waals surface area (Å²) in [5, 5.41) is 2.83. The van der Waals surface area contributed by atoms with Crippen LogP contribution >= 0.6 is 0 Å². The molecule has 1 N–H and O–H groups in total. The number of hydrogen-bond donors (Lipinski definition) is 1. The molecule has 0 spiro atoms. The van der Waals surface area contributed by atoms with Crippen molar-refractivity contribution < 1.29 is 9.53 Å². The number of carbonyl (C=O) groups is 1. The van der Waals surface area contributed by atoms with E-state index in [4.69, 9.17) is 4.74 Å². The van der Waals surface area contributed by atoms with Gasteiger partial charge in [-0.1, -0.05) is 19.3 Å². The van der Waals surface area contributed by atoms with Crippen LogP contribution in [0.15, 0.2) is 12.4 Å². The second-order valence-corrected chi connectivity index (χ2v) is 6.51. The maximum atomic E-state index is 11.1. The molecule has 1 aliphatic heterocycles. The number of hydrogen-bond acceptors (Lipinski definition) is 5. The summed E-state index contributed by atoms with van der Waals surface area (Å²) in [6.45, 7) is 4.32. The van der Waals surface area contributed by atoms with Crippen LogP contribution in [-0.2, 0) is 9.53 Å². The lowest BCUT2D eigenvalue weighted by Crippen LogP contribution is -2.47. The molecule has 2 aliphatic rings. The number of amides is 1. The molecule has 23 heavy (non-hydrogen) atoms. The Balaban J connectivity index is 1.64. The molecular weight excluding hydrogens is 292 g/mol. The van der Waals surface area contributed by atoms with Crippen LogP contribution in [0.3, 0.4) is 0 Å². The third kappa shape index (κ3) is 4.41. The standard InChI is InChI=1S/C17H26N4O2/c1-13(22)18-10-15-11-21(7-8-23-15)17-9-16(19-12-20-17)14-5-3-2-4-6-14/h9,12,14-15H,2-8,10-11H2,1H3,(H,18,22). The first-order valence-corrected chi connectivity index (χ1v) is 8.65. The van der Waals surface area contributed by atoms with E-state index in [1.54, 1.807) is 6.33 Å². The first-order chi connectivity index (χ1) is 11.2. The molecule has 0 radical (unpaired) electrons. The van der Waals surface area contributed by atoms with Gasteiger partial charge in [0.15, 0.2) is 0 Å². The highest BCUT2D eigenvalue weighted by atomic mass is 16.5. The summed E-state index contributed by atoms with van der Waals surface area (Å²) in [7, 11) is 0. The van der Waals surface area contributed by atoms with Gasteiger partial charge in [0.1, 0.15) is 12.1 Å². The smallest absolute Gasteiger partial charge is 0.216 e. The maximum absolute atomic E-state index is 11.1. The van der Waals surface area contributed by atoms with Crippen molar-refractivity contribution in [3.8, 4) is 0 Å². The molecule has 1 aromatic rings. The van der Waals surface area contributed by atoms with Gasteiger partial charge in [0.05, 0.1) is 12.7 Å². The topological polar surface area (TPSA) is 67.4 Å². The van der Waals surface area contributed by atoms with E-state index in [0.717, 1.165) is 18.9 Å². The fourth-order valence-electron chi connectivity index (χ4n) is 3.46. The third-order valence-corrected chi connectivity index (χ3v) is 4.74. The van der Waals surface area contributed by atoms with Crippen molar-refractivity contribution >= 4 is 11.7 Å². The molecule has 2 fully saturated rings. The Kier molecular flexibility index (Phi) is 5.43. The molecule has 1 aromatic heterocycles. The van der Waals surface area contributed by atoms with Crippen LogP contribution in [0.25, 0.3) is 0 Å². The predicted octanol–water partition coefficient (Wildman–Crippen LogP) is 1.87. The minimum atomic E-state index is -0.0210. The number of nitrogens with zero attached hydrogens (tertiary/aromatic N) is 3. The SMILES string of the molecule is CC(=O)NCC1CN(c2cc(C3CCCCC3)ncn2)CCO1. The molecule has 126 valence electrons. The van der Waals surface area contributed by atoms with Gasteiger partial charge < -0.3 is 15.0 Å². The van der Waals surface area contributed by atoms with Gasteiger partial charge in [-0.3, -0.25) is 4.79 Å². The van der Waals surface area contributed by atoms with Crippen LogP contribution in [0.1, 0.15) is 50.6 Å². The van der Waals surface area contributed by atoms with Crippen molar-refractivity contribution in [3.63, 3.8) is 0 Å². The summed E-state index contributed by atoms with van der Waals surface area (Å²) >= 11 is 0. The van der Waals surface area contributed by atoms with Crippen molar-refractivity contribution in [1.29, 1.82) is 0 Å². The van der Waals surface area contributed by atoms with Gasteiger partial charge in [0, 0.05) is 44.2 Å². The van der Waals surface area contributed by atoms with Crippen molar-refractivity contribution in [2.75, 3.05) is 31.1 Å². The molecule has 6 nitrogen and oxygen atoms in total. The lowest BCUT2D eigenvalue weighted by Gasteiger charge is -2.34. The lowest BCUT2D eigenvalue weighted by atomic mass is 9.87. The van der Waals surface area contributed by atoms with E-state index in [2.05, 4.69) is 26.3 Å². The molecule has 1 saturated carbocycles. The number of anilines is 1. The zero-order chi connectivity index (χ0) is 16.1. The summed E-state index contributed by atoms with van der Waals surface area (Å²) in [6.07, 6.45) is 8.15. The highest BCUT2D eigenvalue weighted by Gasteiger charge is 2.23. The van der Waals surface area contributed by atoms with E-state index in [1.807, 2.05) is 0 Å². The molecule has 1 unspecified atom stereocenters. The van der Waals surface area contributed by atoms with Gasteiger partial charge in [-0.05, 0) is 12.8 Å². The Morgan fingerprint density at radius 3 is 2.96 bits per heavy atom. The molecule has 3 rings (SSSR count). The zero-order valence-corrected chi connectivity index (χ0v) is 13.8. The van der Waals surface area contributed by atoms with Gasteiger partial charge in [0.25, 0.3) is 0 Å². The number of aromatic nitrogens is 2. The van der Waals surface area contributed by atoms with Gasteiger partial charge in [-0.2, -0.15) is 0 Å². The summed E-state index contributed by atoms with van der Waals surface area (Å²) in [4.78, 5) is 22.3. The number of rotatable bonds is 4. The van der Waals surface area contributed by atoms with E-state index >= 15 is 0 Å². The van der Waals surface area contributed by atoms with Gasteiger partial charge >= 0.3 is 0 Å². The fourth-order valence-corrected chi connectivity index (χ4v) is 3.46. The molecule has 1 atom stereocenters. The molecule has 0 aromatic carbocycles. The van der Waals surface area contributed by atoms with E-state index in [9.17, 15) is 4.79 Å². The van der Waals surface area contributed by atoms with Crippen molar-refractivity contribution in [3.05, 3.63) is 18.1 Å². The normalized spacial score (nSPS) is 22.8. The summed E-state index contributed by atoms with van der Waals surface area (Å²) in [5.74, 6) is 1.55. The second kappa shape index (κ2) is 7.73. The molecule has 2 heterocycles. The van der Waals surface area contributed by atoms with Gasteiger partial charge in [-0.25, -0.2) is 9.97 Å². The van der Waals surface area contributed by atoms with E-state index in [1.165, 1.54) is 44.7 Å². The van der Waals surface area contributed by atoms with Gasteiger partial charge in [0.2, 0.25) is 5.91 Å². The molecular formula is C17H26N4O2. The quantitative estimate of drug-likeness (QED) is 0.918. The minimum Gasteiger partial charge on any atom is -0.373 e. The second-order valence-electron chi connectivity index (χ2n) is 6.51. The van der Waals surface area contributed by atoms with E-state index in [-0.39, 0.29) is 12.0 Å². The number of morpholine rings is 1. The van der Waals surface area contributed by atoms with Crippen LogP contribution in [0.2, 0.25) is 0 Å². The zero-order valence-electron chi connectivity index (χ0n) is 13.8. The van der Waals surface area contributed by atoms with Crippen LogP contribution in [-0.4, -0.2) is 48.2 Å². The van der Waals surface area contributed by atoms with E-state index < -0.39 is 0 Å². The Bertz CT molecular complexity index is 531. The largest absolute Gasteiger partial charge is 0.373 e. The monoisotopic (exact) mass is 318 g/mol. The average Bonchev–Trinajstić information content (AvgIpc) is 2.61. The van der Waals surface area contributed by atoms with Crippen molar-refractivity contribution in [1.82, 2.24) is 15.3 Å². The average molecular weight is 318 g/mol. The summed E-state index contributed by atoms with van der Waals surface area (Å²) < 4.78 is 5.73. The van der Waals surface area contributed by atoms with Crippen molar-refractivity contribution in [2.45, 2.75) is 51.0 Å². The summed E-state index contributed by atoms with van der Waals surface area (Å²) in [6, 6.07) is 2.15. The number of nitrogens with one attached hydrogen (secondary N) is 1. The van der Waals surface area contributed by atoms with E-state index in [0.29, 0.717) is 19.1 Å². The minimum absolute atomic E-state index is 0.0146. The molecule has 6 heteroatoms. The third-order valence-electron chi connectivity index (χ3n) is 4.74. The fraction of sp³-hybridized carbons (Fsp3) is 0.706. The maximum Gasteiger partial charge on any atom is 0.216 e. The number of ether oxygens (including phenoxy) is 1. The molecule has 1 saturated heterocycles. The number of carbonyl (C=O) groups excluding carboxylic acids is 1. The van der Waals surface area contributed by atoms with Crippen LogP contribution in [0, 0.1) is 0 Å².